The molecule has 122 valence electrons. The number of anilines is 2. The molecule has 2 aromatic rings. The molecule has 0 bridgehead atoms. The van der Waals surface area contributed by atoms with Crippen molar-refractivity contribution in [2.45, 2.75) is 0 Å². The van der Waals surface area contributed by atoms with Crippen molar-refractivity contribution < 1.29 is 44.3 Å². The summed E-state index contributed by atoms with van der Waals surface area (Å²) in [6, 6.07) is 9.60. The van der Waals surface area contributed by atoms with Crippen molar-refractivity contribution in [1.82, 2.24) is 9.88 Å². The van der Waals surface area contributed by atoms with Crippen LogP contribution >= 0.6 is 35.3 Å². The summed E-state index contributed by atoms with van der Waals surface area (Å²) in [6.07, 6.45) is 1.60. The number of nitrogens with zero attached hydrogens (tertiary/aromatic N) is 2. The maximum atomic E-state index is 12.2. The van der Waals surface area contributed by atoms with Crippen LogP contribution in [0.15, 0.2) is 40.6 Å². The predicted molar refractivity (Wildman–Crippen MR) is 96.7 cm³/mol. The van der Waals surface area contributed by atoms with Gasteiger partial charge in [0.15, 0.2) is 5.13 Å². The first-order valence-corrected chi connectivity index (χ1v) is 8.86. The Morgan fingerprint density at radius 2 is 2.08 bits per heavy atom. The molecule has 25 heavy (non-hydrogen) atoms. The number of nitrogens with one attached hydrogen (secondary N) is 1. The van der Waals surface area contributed by atoms with Gasteiger partial charge in [-0.25, -0.2) is 4.98 Å². The minimum Gasteiger partial charge on any atom is -0.548 e. The average molecular weight is 399 g/mol. The van der Waals surface area contributed by atoms with Gasteiger partial charge in [0, 0.05) is 11.1 Å². The molecule has 1 aliphatic heterocycles. The first-order chi connectivity index (χ1) is 11.5. The summed E-state index contributed by atoms with van der Waals surface area (Å²) >= 11 is 7.48. The molecule has 1 aliphatic rings. The fraction of sp³-hybridized carbons (Fsp3) is 0.0667. The van der Waals surface area contributed by atoms with E-state index in [1.54, 1.807) is 11.5 Å². The van der Waals surface area contributed by atoms with E-state index in [4.69, 9.17) is 12.2 Å². The van der Waals surface area contributed by atoms with Crippen molar-refractivity contribution in [2.24, 2.45) is 0 Å². The van der Waals surface area contributed by atoms with Crippen molar-refractivity contribution in [3.05, 3.63) is 46.3 Å². The molecule has 1 aromatic heterocycles. The number of amides is 1. The Morgan fingerprint density at radius 3 is 2.76 bits per heavy atom. The van der Waals surface area contributed by atoms with Crippen LogP contribution in [0.25, 0.3) is 6.08 Å². The molecule has 0 saturated carbocycles. The number of carboxylic acids is 1. The molecule has 0 spiro atoms. The fourth-order valence-corrected chi connectivity index (χ4v) is 3.88. The van der Waals surface area contributed by atoms with Gasteiger partial charge in [-0.3, -0.25) is 9.69 Å². The number of carbonyl (C=O) groups excluding carboxylic acids is 2. The summed E-state index contributed by atoms with van der Waals surface area (Å²) in [5.41, 5.74) is 1.52. The van der Waals surface area contributed by atoms with E-state index in [1.807, 2.05) is 30.3 Å². The number of thiocarbonyl (C=S) groups is 1. The topological polar surface area (TPSA) is 85.4 Å². The first-order valence-electron chi connectivity index (χ1n) is 6.76. The zero-order chi connectivity index (χ0) is 17.1. The third-order valence-electron chi connectivity index (χ3n) is 2.99. The molecular weight excluding hydrogens is 389 g/mol. The van der Waals surface area contributed by atoms with Crippen LogP contribution in [0.2, 0.25) is 0 Å². The quantitative estimate of drug-likeness (QED) is 0.386. The average Bonchev–Trinajstić information content (AvgIpc) is 3.08. The second-order valence-electron chi connectivity index (χ2n) is 4.71. The monoisotopic (exact) mass is 399 g/mol. The number of hydrogen-bond acceptors (Lipinski definition) is 8. The molecule has 0 unspecified atom stereocenters. The third-order valence-corrected chi connectivity index (χ3v) is 5.14. The maximum absolute atomic E-state index is 12.2. The van der Waals surface area contributed by atoms with Gasteiger partial charge < -0.3 is 15.2 Å². The molecule has 2 heterocycles. The van der Waals surface area contributed by atoms with Crippen molar-refractivity contribution in [3.8, 4) is 0 Å². The van der Waals surface area contributed by atoms with Crippen molar-refractivity contribution in [2.75, 3.05) is 11.9 Å². The van der Waals surface area contributed by atoms with Crippen molar-refractivity contribution >= 4 is 68.4 Å². The molecule has 10 heteroatoms. The smallest absolute Gasteiger partial charge is 0.548 e. The van der Waals surface area contributed by atoms with E-state index in [1.165, 1.54) is 11.3 Å². The standard InChI is InChI=1S/C15H11N3O3S3.Na/c19-12(20)7-18-13(21)11(24-15(18)22)6-10-8-23-14(17-10)16-9-4-2-1-3-5-9;/h1-6,8H,7H2,(H,16,17)(H,19,20);/q;+1/p-1. The van der Waals surface area contributed by atoms with Crippen LogP contribution in [0.5, 0.6) is 0 Å². The molecule has 1 fully saturated rings. The largest absolute Gasteiger partial charge is 1.00 e. The van der Waals surface area contributed by atoms with E-state index in [0.717, 1.165) is 22.3 Å². The Hall–Kier alpha value is -1.23. The van der Waals surface area contributed by atoms with Crippen molar-refractivity contribution in [1.29, 1.82) is 0 Å². The Kier molecular flexibility index (Phi) is 7.17. The normalized spacial score (nSPS) is 15.4. The molecular formula is C15H10N3NaO3S3. The van der Waals surface area contributed by atoms with E-state index < -0.39 is 18.4 Å². The van der Waals surface area contributed by atoms with Crippen LogP contribution < -0.4 is 40.0 Å². The number of thiazole rings is 1. The summed E-state index contributed by atoms with van der Waals surface area (Å²) in [7, 11) is 0. The van der Waals surface area contributed by atoms with Crippen LogP contribution in [0, 0.1) is 0 Å². The summed E-state index contributed by atoms with van der Waals surface area (Å²) in [6.45, 7) is -0.542. The Morgan fingerprint density at radius 1 is 1.36 bits per heavy atom. The van der Waals surface area contributed by atoms with Crippen molar-refractivity contribution in [3.63, 3.8) is 0 Å². The first kappa shape index (κ1) is 20.1. The number of aromatic nitrogens is 1. The van der Waals surface area contributed by atoms with E-state index in [2.05, 4.69) is 10.3 Å². The molecule has 6 nitrogen and oxygen atoms in total. The molecule has 3 rings (SSSR count). The zero-order valence-electron chi connectivity index (χ0n) is 13.1. The van der Waals surface area contributed by atoms with Gasteiger partial charge in [-0.05, 0) is 18.2 Å². The van der Waals surface area contributed by atoms with Crippen LogP contribution in [0.1, 0.15) is 5.69 Å². The van der Waals surface area contributed by atoms with Gasteiger partial charge in [0.2, 0.25) is 0 Å². The van der Waals surface area contributed by atoms with E-state index in [0.29, 0.717) is 15.7 Å². The minimum absolute atomic E-state index is 0. The number of carbonyl (C=O) groups is 2. The maximum Gasteiger partial charge on any atom is 1.00 e. The fourth-order valence-electron chi connectivity index (χ4n) is 1.95. The molecule has 1 amide bonds. The van der Waals surface area contributed by atoms with Gasteiger partial charge in [-0.1, -0.05) is 42.2 Å². The number of thioether (sulfide) groups is 1. The summed E-state index contributed by atoms with van der Waals surface area (Å²) in [5.74, 6) is -1.80. The summed E-state index contributed by atoms with van der Waals surface area (Å²) < 4.78 is 0.202. The second-order valence-corrected chi connectivity index (χ2v) is 7.24. The van der Waals surface area contributed by atoms with Crippen LogP contribution in [0.4, 0.5) is 10.8 Å². The molecule has 1 saturated heterocycles. The van der Waals surface area contributed by atoms with Gasteiger partial charge in [-0.15, -0.1) is 11.3 Å². The number of aliphatic carboxylic acids is 1. The van der Waals surface area contributed by atoms with Crippen LogP contribution in [0.3, 0.4) is 0 Å². The minimum atomic E-state index is -1.35. The van der Waals surface area contributed by atoms with Gasteiger partial charge in [0.05, 0.1) is 23.1 Å². The molecule has 1 N–H and O–H groups in total. The van der Waals surface area contributed by atoms with Gasteiger partial charge in [0.1, 0.15) is 4.32 Å². The van der Waals surface area contributed by atoms with Crippen LogP contribution in [-0.4, -0.2) is 32.6 Å². The molecule has 0 radical (unpaired) electrons. The number of carboxylic acid groups (broad SMARTS) is 1. The van der Waals surface area contributed by atoms with Gasteiger partial charge in [-0.2, -0.15) is 0 Å². The van der Waals surface area contributed by atoms with Crippen LogP contribution in [-0.2, 0) is 9.59 Å². The van der Waals surface area contributed by atoms with Gasteiger partial charge in [0.25, 0.3) is 5.91 Å². The molecule has 0 aliphatic carbocycles. The van der Waals surface area contributed by atoms with Gasteiger partial charge >= 0.3 is 29.6 Å². The predicted octanol–water partition coefficient (Wildman–Crippen LogP) is -1.16. The number of para-hydroxylation sites is 1. The Balaban J connectivity index is 0.00000225. The third kappa shape index (κ3) is 5.13. The molecule has 1 aromatic carbocycles. The number of benzene rings is 1. The van der Waals surface area contributed by atoms with E-state index in [-0.39, 0.29) is 33.9 Å². The van der Waals surface area contributed by atoms with E-state index >= 15 is 0 Å². The Bertz CT molecular complexity index is 839. The van der Waals surface area contributed by atoms with E-state index in [9.17, 15) is 14.7 Å². The summed E-state index contributed by atoms with van der Waals surface area (Å²) in [4.78, 5) is 28.6. The molecule has 0 atom stereocenters. The second kappa shape index (κ2) is 8.93. The number of rotatable bonds is 5. The SMILES string of the molecule is O=C([O-])CN1C(=O)C(=Cc2csc(Nc3ccccc3)n2)SC1=S.[Na+]. The number of hydrogen-bond donors (Lipinski definition) is 1. The zero-order valence-corrected chi connectivity index (χ0v) is 17.5. The Labute approximate surface area is 179 Å². The summed E-state index contributed by atoms with van der Waals surface area (Å²) in [5, 5.41) is 16.3.